The molecule has 1 unspecified atom stereocenters. The normalized spacial score (nSPS) is 16.8. The van der Waals surface area contributed by atoms with Crippen molar-refractivity contribution < 1.29 is 0 Å². The average molecular weight is 591 g/mol. The van der Waals surface area contributed by atoms with E-state index in [1.807, 2.05) is 18.5 Å². The summed E-state index contributed by atoms with van der Waals surface area (Å²) in [6.07, 6.45) is 6.70. The lowest BCUT2D eigenvalue weighted by Gasteiger charge is -2.33. The molecular formula is C43H46N2. The van der Waals surface area contributed by atoms with Crippen molar-refractivity contribution in [2.24, 2.45) is 0 Å². The monoisotopic (exact) mass is 590 g/mol. The van der Waals surface area contributed by atoms with Crippen LogP contribution in [0.2, 0.25) is 0 Å². The quantitative estimate of drug-likeness (QED) is 0.188. The van der Waals surface area contributed by atoms with Gasteiger partial charge in [0.15, 0.2) is 0 Å². The van der Waals surface area contributed by atoms with Gasteiger partial charge in [0.25, 0.3) is 0 Å². The summed E-state index contributed by atoms with van der Waals surface area (Å²) in [6.45, 7) is 18.9. The van der Waals surface area contributed by atoms with Crippen molar-refractivity contribution in [3.8, 4) is 22.3 Å². The zero-order chi connectivity index (χ0) is 31.8. The predicted octanol–water partition coefficient (Wildman–Crippen LogP) is 10.9. The van der Waals surface area contributed by atoms with Gasteiger partial charge < -0.3 is 0 Å². The molecule has 0 N–H and O–H groups in total. The molecule has 4 aromatic carbocycles. The van der Waals surface area contributed by atoms with Crippen molar-refractivity contribution in [2.45, 2.75) is 96.3 Å². The third-order valence-electron chi connectivity index (χ3n) is 12.0. The van der Waals surface area contributed by atoms with Crippen molar-refractivity contribution in [1.82, 2.24) is 9.97 Å². The molecule has 0 bridgehead atoms. The van der Waals surface area contributed by atoms with Crippen LogP contribution < -0.4 is 0 Å². The third kappa shape index (κ3) is 4.07. The Hall–Kier alpha value is -4.04. The maximum Gasteiger partial charge on any atom is 0.138 e. The van der Waals surface area contributed by atoms with E-state index in [2.05, 4.69) is 134 Å². The minimum atomic E-state index is -0.200. The minimum absolute atomic E-state index is 0.00709. The van der Waals surface area contributed by atoms with E-state index >= 15 is 0 Å². The largest absolute Gasteiger partial charge is 0.240 e. The van der Waals surface area contributed by atoms with Crippen molar-refractivity contribution >= 4 is 0 Å². The molecule has 0 radical (unpaired) electrons. The standard InChI is InChI=1S/C43H46N2/c1-9-42(8,28-17-20-32-31-15-12-13-16-35(31)40(4,5)36(32)25-28)29-18-21-33-34-22-19-30(27-38(34)41(6,7)37(33)26-29)43(10-2,11-3)39-44-23-14-24-45-39/h12-27H,9-11H2,1-8H3. The number of benzene rings is 4. The van der Waals surface area contributed by atoms with Crippen LogP contribution >= 0.6 is 0 Å². The van der Waals surface area contributed by atoms with E-state index in [4.69, 9.17) is 9.97 Å². The third-order valence-corrected chi connectivity index (χ3v) is 12.0. The van der Waals surface area contributed by atoms with E-state index in [0.29, 0.717) is 0 Å². The molecule has 1 atom stereocenters. The van der Waals surface area contributed by atoms with Crippen LogP contribution in [-0.2, 0) is 21.7 Å². The number of nitrogens with zero attached hydrogens (tertiary/aromatic N) is 2. The molecule has 0 spiro atoms. The molecule has 0 saturated heterocycles. The summed E-state index contributed by atoms with van der Waals surface area (Å²) in [5.41, 5.74) is 14.9. The number of aromatic nitrogens is 2. The van der Waals surface area contributed by atoms with Gasteiger partial charge in [-0.25, -0.2) is 9.97 Å². The first-order valence-corrected chi connectivity index (χ1v) is 16.9. The second kappa shape index (κ2) is 10.2. The first-order valence-electron chi connectivity index (χ1n) is 16.9. The van der Waals surface area contributed by atoms with Crippen molar-refractivity contribution in [1.29, 1.82) is 0 Å². The van der Waals surface area contributed by atoms with Crippen molar-refractivity contribution in [2.75, 3.05) is 0 Å². The SMILES string of the molecule is CCC(C)(c1ccc2c(c1)C(C)(C)c1ccccc1-2)c1ccc2c(c1)C(C)(C)c1cc(C(CC)(CC)c3ncccn3)ccc1-2. The van der Waals surface area contributed by atoms with Crippen LogP contribution in [0.3, 0.4) is 0 Å². The highest BCUT2D eigenvalue weighted by atomic mass is 14.9. The number of rotatable bonds is 7. The molecule has 2 heteroatoms. The van der Waals surface area contributed by atoms with E-state index in [9.17, 15) is 0 Å². The smallest absolute Gasteiger partial charge is 0.138 e. The molecule has 0 fully saturated rings. The number of hydrogen-bond donors (Lipinski definition) is 0. The zero-order valence-electron chi connectivity index (χ0n) is 28.3. The summed E-state index contributed by atoms with van der Waals surface area (Å²) in [7, 11) is 0. The van der Waals surface area contributed by atoms with Gasteiger partial charge in [0.2, 0.25) is 0 Å². The molecule has 0 saturated carbocycles. The molecule has 5 aromatic rings. The van der Waals surface area contributed by atoms with Gasteiger partial charge in [-0.3, -0.25) is 0 Å². The van der Waals surface area contributed by atoms with E-state index in [1.54, 1.807) is 0 Å². The van der Waals surface area contributed by atoms with Crippen molar-refractivity contribution in [3.63, 3.8) is 0 Å². The molecule has 0 aliphatic heterocycles. The summed E-state index contributed by atoms with van der Waals surface area (Å²) in [4.78, 5) is 9.49. The molecule has 1 aromatic heterocycles. The van der Waals surface area contributed by atoms with Gasteiger partial charge in [0.1, 0.15) is 5.82 Å². The molecule has 7 rings (SSSR count). The highest BCUT2D eigenvalue weighted by Crippen LogP contribution is 2.53. The maximum atomic E-state index is 4.75. The molecule has 2 aliphatic rings. The molecular weight excluding hydrogens is 544 g/mol. The Morgan fingerprint density at radius 1 is 0.511 bits per heavy atom. The van der Waals surface area contributed by atoms with E-state index < -0.39 is 0 Å². The van der Waals surface area contributed by atoms with Crippen LogP contribution in [0.4, 0.5) is 0 Å². The second-order valence-corrected chi connectivity index (χ2v) is 14.6. The van der Waals surface area contributed by atoms with E-state index in [1.165, 1.54) is 61.2 Å². The Kier molecular flexibility index (Phi) is 6.75. The lowest BCUT2D eigenvalue weighted by Crippen LogP contribution is -2.29. The molecule has 2 nitrogen and oxygen atoms in total. The second-order valence-electron chi connectivity index (χ2n) is 14.6. The van der Waals surface area contributed by atoms with Gasteiger partial charge in [-0.1, -0.05) is 134 Å². The van der Waals surface area contributed by atoms with Gasteiger partial charge in [0, 0.05) is 28.6 Å². The van der Waals surface area contributed by atoms with E-state index in [0.717, 1.165) is 25.1 Å². The molecule has 45 heavy (non-hydrogen) atoms. The predicted molar refractivity (Wildman–Crippen MR) is 188 cm³/mol. The fourth-order valence-electron chi connectivity index (χ4n) is 8.65. The Balaban J connectivity index is 1.31. The lowest BCUT2D eigenvalue weighted by atomic mass is 9.70. The Labute approximate surface area is 270 Å². The topological polar surface area (TPSA) is 25.8 Å². The highest BCUT2D eigenvalue weighted by molar-refractivity contribution is 5.83. The average Bonchev–Trinajstić information content (AvgIpc) is 3.44. The first kappa shape index (κ1) is 29.7. The van der Waals surface area contributed by atoms with Crippen LogP contribution in [0.15, 0.2) is 97.3 Å². The van der Waals surface area contributed by atoms with Crippen LogP contribution in [0.25, 0.3) is 22.3 Å². The van der Waals surface area contributed by atoms with Crippen LogP contribution in [0, 0.1) is 0 Å². The van der Waals surface area contributed by atoms with Crippen LogP contribution in [0.5, 0.6) is 0 Å². The summed E-state index contributed by atoms with van der Waals surface area (Å²) in [5.74, 6) is 0.921. The Morgan fingerprint density at radius 3 is 1.47 bits per heavy atom. The van der Waals surface area contributed by atoms with Gasteiger partial charge in [0.05, 0.1) is 5.41 Å². The number of fused-ring (bicyclic) bond motifs is 6. The summed E-state index contributed by atoms with van der Waals surface area (Å²) in [5, 5.41) is 0. The Bertz CT molecular complexity index is 1930. The fraction of sp³-hybridized carbons (Fsp3) is 0.349. The van der Waals surface area contributed by atoms with Crippen molar-refractivity contribution in [3.05, 3.63) is 142 Å². The zero-order valence-corrected chi connectivity index (χ0v) is 28.3. The van der Waals surface area contributed by atoms with Gasteiger partial charge >= 0.3 is 0 Å². The van der Waals surface area contributed by atoms with Gasteiger partial charge in [-0.15, -0.1) is 0 Å². The van der Waals surface area contributed by atoms with Crippen LogP contribution in [0.1, 0.15) is 119 Å². The van der Waals surface area contributed by atoms with E-state index in [-0.39, 0.29) is 21.7 Å². The minimum Gasteiger partial charge on any atom is -0.240 e. The molecule has 1 heterocycles. The number of hydrogen-bond acceptors (Lipinski definition) is 2. The van der Waals surface area contributed by atoms with Gasteiger partial charge in [-0.2, -0.15) is 0 Å². The first-order chi connectivity index (χ1) is 21.5. The molecule has 228 valence electrons. The fourth-order valence-corrected chi connectivity index (χ4v) is 8.65. The lowest BCUT2D eigenvalue weighted by molar-refractivity contribution is 0.448. The maximum absolute atomic E-state index is 4.75. The van der Waals surface area contributed by atoms with Gasteiger partial charge in [-0.05, 0) is 86.5 Å². The summed E-state index contributed by atoms with van der Waals surface area (Å²) >= 11 is 0. The molecule has 0 amide bonds. The summed E-state index contributed by atoms with van der Waals surface area (Å²) in [6, 6.07) is 32.6. The highest BCUT2D eigenvalue weighted by Gasteiger charge is 2.41. The summed E-state index contributed by atoms with van der Waals surface area (Å²) < 4.78 is 0. The Morgan fingerprint density at radius 2 is 0.956 bits per heavy atom. The molecule has 2 aliphatic carbocycles. The van der Waals surface area contributed by atoms with Crippen LogP contribution in [-0.4, -0.2) is 9.97 Å².